The highest BCUT2D eigenvalue weighted by Gasteiger charge is 2.51. The molecule has 0 spiro atoms. The number of nitrogens with one attached hydrogen (secondary N) is 1. The second kappa shape index (κ2) is 7.27. The molecule has 0 aliphatic carbocycles. The molecule has 0 radical (unpaired) electrons. The lowest BCUT2D eigenvalue weighted by molar-refractivity contribution is -0.156. The predicted molar refractivity (Wildman–Crippen MR) is 88.6 cm³/mol. The SMILES string of the molecule is CC(C)[C@@](NC(=O)OC(C)(C)C)(C(=O)O)N(C)C(=O)OC(C)(C)C. The number of likely N-dealkylation sites (N-methyl/N-ethyl adjacent to an activating group) is 1. The number of alkyl carbamates (subject to hydrolysis) is 1. The number of carboxylic acids is 1. The van der Waals surface area contributed by atoms with Gasteiger partial charge in [-0.05, 0) is 41.5 Å². The average molecular weight is 346 g/mol. The number of aliphatic carboxylic acids is 1. The van der Waals surface area contributed by atoms with Crippen LogP contribution in [0.15, 0.2) is 0 Å². The van der Waals surface area contributed by atoms with Gasteiger partial charge in [-0.3, -0.25) is 10.2 Å². The summed E-state index contributed by atoms with van der Waals surface area (Å²) in [6.07, 6.45) is -1.80. The molecule has 0 aromatic heterocycles. The number of ether oxygens (including phenoxy) is 2. The summed E-state index contributed by atoms with van der Waals surface area (Å²) in [7, 11) is 1.26. The van der Waals surface area contributed by atoms with Crippen molar-refractivity contribution in [3.05, 3.63) is 0 Å². The van der Waals surface area contributed by atoms with E-state index in [0.29, 0.717) is 0 Å². The third kappa shape index (κ3) is 5.90. The molecule has 0 saturated carbocycles. The van der Waals surface area contributed by atoms with Crippen LogP contribution < -0.4 is 5.32 Å². The van der Waals surface area contributed by atoms with Crippen LogP contribution in [-0.2, 0) is 14.3 Å². The summed E-state index contributed by atoms with van der Waals surface area (Å²) in [4.78, 5) is 37.3. The molecule has 0 aliphatic heterocycles. The van der Waals surface area contributed by atoms with Crippen molar-refractivity contribution in [2.75, 3.05) is 7.05 Å². The van der Waals surface area contributed by atoms with Crippen LogP contribution in [0.5, 0.6) is 0 Å². The van der Waals surface area contributed by atoms with Crippen molar-refractivity contribution in [3.63, 3.8) is 0 Å². The van der Waals surface area contributed by atoms with E-state index < -0.39 is 40.9 Å². The largest absolute Gasteiger partial charge is 0.478 e. The molecule has 0 saturated heterocycles. The minimum absolute atomic E-state index is 0.653. The van der Waals surface area contributed by atoms with Gasteiger partial charge < -0.3 is 14.6 Å². The van der Waals surface area contributed by atoms with Crippen LogP contribution in [-0.4, -0.2) is 52.1 Å². The Bertz CT molecular complexity index is 490. The van der Waals surface area contributed by atoms with Crippen molar-refractivity contribution in [1.82, 2.24) is 10.2 Å². The molecule has 0 unspecified atom stereocenters. The first-order chi connectivity index (χ1) is 10.5. The summed E-state index contributed by atoms with van der Waals surface area (Å²) in [5.41, 5.74) is -3.63. The first-order valence-corrected chi connectivity index (χ1v) is 7.74. The number of hydrogen-bond donors (Lipinski definition) is 2. The Morgan fingerprint density at radius 2 is 1.38 bits per heavy atom. The first-order valence-electron chi connectivity index (χ1n) is 7.74. The Morgan fingerprint density at radius 3 is 1.67 bits per heavy atom. The highest BCUT2D eigenvalue weighted by atomic mass is 16.6. The van der Waals surface area contributed by atoms with Gasteiger partial charge in [0.2, 0.25) is 5.66 Å². The van der Waals surface area contributed by atoms with Crippen LogP contribution in [0.4, 0.5) is 9.59 Å². The lowest BCUT2D eigenvalue weighted by atomic mass is 9.94. The number of amides is 2. The number of hydrogen-bond acceptors (Lipinski definition) is 5. The van der Waals surface area contributed by atoms with E-state index in [2.05, 4.69) is 5.32 Å². The van der Waals surface area contributed by atoms with E-state index in [1.807, 2.05) is 0 Å². The molecule has 1 atom stereocenters. The highest BCUT2D eigenvalue weighted by molar-refractivity contribution is 5.88. The minimum Gasteiger partial charge on any atom is -0.478 e. The molecular weight excluding hydrogens is 316 g/mol. The number of nitrogens with zero attached hydrogens (tertiary/aromatic N) is 1. The smallest absolute Gasteiger partial charge is 0.412 e. The molecule has 0 fully saturated rings. The fourth-order valence-electron chi connectivity index (χ4n) is 1.99. The molecule has 8 heteroatoms. The van der Waals surface area contributed by atoms with Crippen molar-refractivity contribution in [2.45, 2.75) is 72.3 Å². The topological polar surface area (TPSA) is 105 Å². The van der Waals surface area contributed by atoms with Crippen molar-refractivity contribution in [3.8, 4) is 0 Å². The van der Waals surface area contributed by atoms with Gasteiger partial charge in [0, 0.05) is 13.0 Å². The zero-order valence-electron chi connectivity index (χ0n) is 16.0. The maximum Gasteiger partial charge on any atom is 0.412 e. The maximum atomic E-state index is 12.3. The second-order valence-corrected chi connectivity index (χ2v) is 7.89. The minimum atomic E-state index is -2.01. The average Bonchev–Trinajstić information content (AvgIpc) is 2.29. The van der Waals surface area contributed by atoms with E-state index in [1.165, 1.54) is 7.05 Å². The number of carbonyl (C=O) groups excluding carboxylic acids is 2. The van der Waals surface area contributed by atoms with Gasteiger partial charge in [0.05, 0.1) is 0 Å². The van der Waals surface area contributed by atoms with Gasteiger partial charge in [-0.15, -0.1) is 0 Å². The first kappa shape index (κ1) is 22.0. The number of rotatable bonds is 4. The van der Waals surface area contributed by atoms with Gasteiger partial charge in [-0.2, -0.15) is 0 Å². The highest BCUT2D eigenvalue weighted by Crippen LogP contribution is 2.25. The quantitative estimate of drug-likeness (QED) is 0.758. The Morgan fingerprint density at radius 1 is 0.958 bits per heavy atom. The van der Waals surface area contributed by atoms with Crippen molar-refractivity contribution in [2.24, 2.45) is 5.92 Å². The van der Waals surface area contributed by atoms with Gasteiger partial charge in [-0.1, -0.05) is 13.8 Å². The lowest BCUT2D eigenvalue weighted by Crippen LogP contribution is -2.69. The third-order valence-electron chi connectivity index (χ3n) is 3.05. The second-order valence-electron chi connectivity index (χ2n) is 7.89. The maximum absolute atomic E-state index is 12.3. The predicted octanol–water partition coefficient (Wildman–Crippen LogP) is 2.81. The van der Waals surface area contributed by atoms with Crippen LogP contribution in [0.3, 0.4) is 0 Å². The summed E-state index contributed by atoms with van der Waals surface area (Å²) >= 11 is 0. The normalized spacial score (nSPS) is 14.6. The molecule has 8 nitrogen and oxygen atoms in total. The van der Waals surface area contributed by atoms with Crippen molar-refractivity contribution < 1.29 is 29.0 Å². The zero-order valence-corrected chi connectivity index (χ0v) is 16.0. The van der Waals surface area contributed by atoms with Gasteiger partial charge in [-0.25, -0.2) is 14.4 Å². The Balaban J connectivity index is 5.70. The molecular formula is C16H30N2O6. The van der Waals surface area contributed by atoms with Crippen LogP contribution in [0.2, 0.25) is 0 Å². The molecule has 140 valence electrons. The number of carboxylic acid groups (broad SMARTS) is 1. The summed E-state index contributed by atoms with van der Waals surface area (Å²) < 4.78 is 10.4. The van der Waals surface area contributed by atoms with E-state index in [4.69, 9.17) is 9.47 Å². The molecule has 0 aromatic rings. The fourth-order valence-corrected chi connectivity index (χ4v) is 1.99. The molecule has 0 bridgehead atoms. The number of carbonyl (C=O) groups is 3. The Labute approximate surface area is 143 Å². The van der Waals surface area contributed by atoms with Gasteiger partial charge in [0.15, 0.2) is 0 Å². The summed E-state index contributed by atoms with van der Waals surface area (Å²) in [5.74, 6) is -2.04. The van der Waals surface area contributed by atoms with E-state index in [9.17, 15) is 19.5 Å². The summed E-state index contributed by atoms with van der Waals surface area (Å²) in [6, 6.07) is 0. The molecule has 0 rings (SSSR count). The molecule has 0 aromatic carbocycles. The fraction of sp³-hybridized carbons (Fsp3) is 0.812. The van der Waals surface area contributed by atoms with Crippen LogP contribution in [0.25, 0.3) is 0 Å². The molecule has 0 aliphatic rings. The van der Waals surface area contributed by atoms with Gasteiger partial charge in [0.1, 0.15) is 11.2 Å². The van der Waals surface area contributed by atoms with E-state index >= 15 is 0 Å². The molecule has 2 amide bonds. The van der Waals surface area contributed by atoms with Crippen molar-refractivity contribution in [1.29, 1.82) is 0 Å². The molecule has 0 heterocycles. The van der Waals surface area contributed by atoms with Crippen LogP contribution >= 0.6 is 0 Å². The zero-order chi connectivity index (χ0) is 19.5. The van der Waals surface area contributed by atoms with E-state index in [-0.39, 0.29) is 0 Å². The van der Waals surface area contributed by atoms with E-state index in [0.717, 1.165) is 4.90 Å². The van der Waals surface area contributed by atoms with Crippen LogP contribution in [0, 0.1) is 5.92 Å². The van der Waals surface area contributed by atoms with Crippen LogP contribution in [0.1, 0.15) is 55.4 Å². The Kier molecular flexibility index (Phi) is 6.67. The molecule has 24 heavy (non-hydrogen) atoms. The van der Waals surface area contributed by atoms with Gasteiger partial charge >= 0.3 is 18.2 Å². The van der Waals surface area contributed by atoms with Gasteiger partial charge in [0.25, 0.3) is 0 Å². The summed E-state index contributed by atoms with van der Waals surface area (Å²) in [5, 5.41) is 12.1. The summed E-state index contributed by atoms with van der Waals surface area (Å²) in [6.45, 7) is 13.1. The Hall–Kier alpha value is -1.99. The third-order valence-corrected chi connectivity index (χ3v) is 3.05. The standard InChI is InChI=1S/C16H30N2O6/c1-10(2)16(11(19)20,17-12(21)23-14(3,4)5)18(9)13(22)24-15(6,7)8/h10H,1-9H3,(H,17,21)(H,19,20)/t16-/m0/s1. The monoisotopic (exact) mass is 346 g/mol. The van der Waals surface area contributed by atoms with E-state index in [1.54, 1.807) is 55.4 Å². The van der Waals surface area contributed by atoms with Crippen molar-refractivity contribution >= 4 is 18.2 Å². The molecule has 2 N–H and O–H groups in total. The lowest BCUT2D eigenvalue weighted by Gasteiger charge is -2.41.